The fraction of sp³-hybridized carbons (Fsp3) is 0.357. The zero-order valence-corrected chi connectivity index (χ0v) is 10.7. The molecule has 0 saturated carbocycles. The summed E-state index contributed by atoms with van der Waals surface area (Å²) in [7, 11) is 0. The van der Waals surface area contributed by atoms with Crippen LogP contribution in [0.2, 0.25) is 0 Å². The molecule has 0 aliphatic carbocycles. The third-order valence-electron chi connectivity index (χ3n) is 2.73. The van der Waals surface area contributed by atoms with Crippen LogP contribution in [-0.2, 0) is 0 Å². The lowest BCUT2D eigenvalue weighted by Gasteiger charge is -2.16. The Morgan fingerprint density at radius 3 is 2.61 bits per heavy atom. The smallest absolute Gasteiger partial charge is 0.126 e. The Hall–Kier alpha value is -1.65. The quantitative estimate of drug-likeness (QED) is 0.756. The van der Waals surface area contributed by atoms with Crippen molar-refractivity contribution in [2.45, 2.75) is 25.9 Å². The van der Waals surface area contributed by atoms with Crippen LogP contribution >= 0.6 is 0 Å². The second kappa shape index (κ2) is 5.80. The van der Waals surface area contributed by atoms with Crippen LogP contribution in [0.4, 0.5) is 0 Å². The van der Waals surface area contributed by atoms with Gasteiger partial charge in [-0.1, -0.05) is 44.2 Å². The van der Waals surface area contributed by atoms with Gasteiger partial charge in [-0.15, -0.1) is 0 Å². The van der Waals surface area contributed by atoms with Crippen molar-refractivity contribution in [3.8, 4) is 11.3 Å². The lowest BCUT2D eigenvalue weighted by molar-refractivity contribution is 0.232. The number of hydrogen-bond acceptors (Lipinski definition) is 3. The molecule has 2 rings (SSSR count). The average molecular weight is 245 g/mol. The van der Waals surface area contributed by atoms with Crippen molar-refractivity contribution >= 4 is 0 Å². The van der Waals surface area contributed by atoms with Gasteiger partial charge in [-0.2, -0.15) is 0 Å². The third kappa shape index (κ3) is 2.97. The van der Waals surface area contributed by atoms with Crippen molar-refractivity contribution in [1.82, 2.24) is 15.3 Å². The molecule has 0 fully saturated rings. The summed E-state index contributed by atoms with van der Waals surface area (Å²) >= 11 is 0. The van der Waals surface area contributed by atoms with E-state index in [-0.39, 0.29) is 12.6 Å². The standard InChI is InChI=1S/C14H19N3O/c1-10(2)16-13(9-18)14-15-8-12(17-14)11-6-4-3-5-7-11/h3-8,10,13,16,18H,9H2,1-2H3,(H,15,17). The molecule has 0 amide bonds. The van der Waals surface area contributed by atoms with Gasteiger partial charge in [-0.05, 0) is 5.56 Å². The van der Waals surface area contributed by atoms with Crippen molar-refractivity contribution < 1.29 is 5.11 Å². The zero-order chi connectivity index (χ0) is 13.0. The maximum atomic E-state index is 9.39. The van der Waals surface area contributed by atoms with Gasteiger partial charge in [-0.3, -0.25) is 0 Å². The summed E-state index contributed by atoms with van der Waals surface area (Å²) < 4.78 is 0. The van der Waals surface area contributed by atoms with Gasteiger partial charge in [-0.25, -0.2) is 4.98 Å². The van der Waals surface area contributed by atoms with E-state index in [9.17, 15) is 5.11 Å². The monoisotopic (exact) mass is 245 g/mol. The summed E-state index contributed by atoms with van der Waals surface area (Å²) in [5, 5.41) is 12.7. The number of aromatic amines is 1. The molecule has 1 atom stereocenters. The van der Waals surface area contributed by atoms with Gasteiger partial charge in [0.1, 0.15) is 5.82 Å². The van der Waals surface area contributed by atoms with Gasteiger partial charge in [0.25, 0.3) is 0 Å². The molecule has 1 unspecified atom stereocenters. The van der Waals surface area contributed by atoms with Crippen molar-refractivity contribution in [1.29, 1.82) is 0 Å². The second-order valence-electron chi connectivity index (χ2n) is 4.60. The Morgan fingerprint density at radius 2 is 2.00 bits per heavy atom. The number of aliphatic hydroxyl groups excluding tert-OH is 1. The van der Waals surface area contributed by atoms with Crippen LogP contribution < -0.4 is 5.32 Å². The highest BCUT2D eigenvalue weighted by molar-refractivity contribution is 5.58. The van der Waals surface area contributed by atoms with E-state index in [4.69, 9.17) is 0 Å². The molecule has 0 bridgehead atoms. The Morgan fingerprint density at radius 1 is 1.28 bits per heavy atom. The summed E-state index contributed by atoms with van der Waals surface area (Å²) in [5.74, 6) is 0.769. The molecule has 0 spiro atoms. The van der Waals surface area contributed by atoms with E-state index in [2.05, 4.69) is 15.3 Å². The summed E-state index contributed by atoms with van der Waals surface area (Å²) in [4.78, 5) is 7.59. The molecule has 0 saturated heterocycles. The minimum absolute atomic E-state index is 0.0277. The van der Waals surface area contributed by atoms with Gasteiger partial charge in [0, 0.05) is 6.04 Å². The maximum Gasteiger partial charge on any atom is 0.126 e. The molecule has 0 aliphatic rings. The Balaban J connectivity index is 2.19. The SMILES string of the molecule is CC(C)NC(CO)c1ncc(-c2ccccc2)[nH]1. The highest BCUT2D eigenvalue weighted by Crippen LogP contribution is 2.18. The summed E-state index contributed by atoms with van der Waals surface area (Å²) in [6.45, 7) is 4.12. The normalized spacial score (nSPS) is 12.9. The van der Waals surface area contributed by atoms with Crippen LogP contribution in [-0.4, -0.2) is 27.7 Å². The first-order chi connectivity index (χ1) is 8.70. The van der Waals surface area contributed by atoms with Crippen LogP contribution in [0.3, 0.4) is 0 Å². The highest BCUT2D eigenvalue weighted by atomic mass is 16.3. The molecule has 4 heteroatoms. The van der Waals surface area contributed by atoms with E-state index < -0.39 is 0 Å². The average Bonchev–Trinajstić information content (AvgIpc) is 2.86. The Labute approximate surface area is 107 Å². The molecule has 1 aromatic heterocycles. The first kappa shape index (κ1) is 12.8. The molecule has 18 heavy (non-hydrogen) atoms. The number of H-pyrrole nitrogens is 1. The van der Waals surface area contributed by atoms with Crippen LogP contribution in [0.15, 0.2) is 36.5 Å². The van der Waals surface area contributed by atoms with Gasteiger partial charge < -0.3 is 15.4 Å². The highest BCUT2D eigenvalue weighted by Gasteiger charge is 2.15. The van der Waals surface area contributed by atoms with E-state index in [1.54, 1.807) is 6.20 Å². The van der Waals surface area contributed by atoms with Crippen molar-refractivity contribution in [2.24, 2.45) is 0 Å². The molecule has 0 aliphatic heterocycles. The lowest BCUT2D eigenvalue weighted by atomic mass is 10.2. The zero-order valence-electron chi connectivity index (χ0n) is 10.7. The number of nitrogens with zero attached hydrogens (tertiary/aromatic N) is 1. The summed E-state index contributed by atoms with van der Waals surface area (Å²) in [6, 6.07) is 10.2. The third-order valence-corrected chi connectivity index (χ3v) is 2.73. The van der Waals surface area contributed by atoms with Crippen molar-refractivity contribution in [3.05, 3.63) is 42.4 Å². The second-order valence-corrected chi connectivity index (χ2v) is 4.60. The van der Waals surface area contributed by atoms with E-state index in [0.717, 1.165) is 17.1 Å². The van der Waals surface area contributed by atoms with Crippen LogP contribution in [0.5, 0.6) is 0 Å². The van der Waals surface area contributed by atoms with Crippen LogP contribution in [0.1, 0.15) is 25.7 Å². The molecule has 2 aromatic rings. The van der Waals surface area contributed by atoms with Crippen molar-refractivity contribution in [3.63, 3.8) is 0 Å². The Bertz CT molecular complexity index is 479. The molecule has 3 N–H and O–H groups in total. The Kier molecular flexibility index (Phi) is 4.12. The van der Waals surface area contributed by atoms with E-state index in [0.29, 0.717) is 6.04 Å². The van der Waals surface area contributed by atoms with Crippen LogP contribution in [0, 0.1) is 0 Å². The number of nitrogens with one attached hydrogen (secondary N) is 2. The number of rotatable bonds is 5. The molecular formula is C14H19N3O. The van der Waals surface area contributed by atoms with Gasteiger partial charge in [0.15, 0.2) is 0 Å². The van der Waals surface area contributed by atoms with Crippen LogP contribution in [0.25, 0.3) is 11.3 Å². The maximum absolute atomic E-state index is 9.39. The molecule has 4 nitrogen and oxygen atoms in total. The first-order valence-corrected chi connectivity index (χ1v) is 6.18. The fourth-order valence-corrected chi connectivity index (χ4v) is 1.90. The molecule has 96 valence electrons. The topological polar surface area (TPSA) is 60.9 Å². The number of benzene rings is 1. The fourth-order valence-electron chi connectivity index (χ4n) is 1.90. The first-order valence-electron chi connectivity index (χ1n) is 6.18. The summed E-state index contributed by atoms with van der Waals surface area (Å²) in [6.07, 6.45) is 1.80. The number of imidazole rings is 1. The minimum atomic E-state index is -0.150. The summed E-state index contributed by atoms with van der Waals surface area (Å²) in [5.41, 5.74) is 2.06. The van der Waals surface area contributed by atoms with E-state index in [1.165, 1.54) is 0 Å². The minimum Gasteiger partial charge on any atom is -0.394 e. The van der Waals surface area contributed by atoms with Crippen molar-refractivity contribution in [2.75, 3.05) is 6.61 Å². The molecule has 0 radical (unpaired) electrons. The lowest BCUT2D eigenvalue weighted by Crippen LogP contribution is -2.31. The van der Waals surface area contributed by atoms with E-state index >= 15 is 0 Å². The van der Waals surface area contributed by atoms with E-state index in [1.807, 2.05) is 44.2 Å². The number of hydrogen-bond donors (Lipinski definition) is 3. The predicted molar refractivity (Wildman–Crippen MR) is 72.1 cm³/mol. The predicted octanol–water partition coefficient (Wildman–Crippen LogP) is 2.11. The van der Waals surface area contributed by atoms with Gasteiger partial charge in [0.05, 0.1) is 24.5 Å². The molecule has 1 aromatic carbocycles. The molecular weight excluding hydrogens is 226 g/mol. The van der Waals surface area contributed by atoms with Gasteiger partial charge >= 0.3 is 0 Å². The number of aliphatic hydroxyl groups is 1. The van der Waals surface area contributed by atoms with Gasteiger partial charge in [0.2, 0.25) is 0 Å². The number of aromatic nitrogens is 2. The molecule has 1 heterocycles. The largest absolute Gasteiger partial charge is 0.394 e.